The van der Waals surface area contributed by atoms with E-state index in [0.717, 1.165) is 0 Å². The number of morpholine rings is 1. The van der Waals surface area contributed by atoms with Gasteiger partial charge in [-0.2, -0.15) is 0 Å². The number of halogens is 2. The number of carbonyl (C=O) groups excluding carboxylic acids is 1. The van der Waals surface area contributed by atoms with Crippen molar-refractivity contribution in [3.63, 3.8) is 0 Å². The molecule has 1 aromatic carbocycles. The Morgan fingerprint density at radius 2 is 2.14 bits per heavy atom. The van der Waals surface area contributed by atoms with E-state index < -0.39 is 5.82 Å². The van der Waals surface area contributed by atoms with E-state index in [1.54, 1.807) is 17.2 Å². The predicted octanol–water partition coefficient (Wildman–Crippen LogP) is 1.59. The zero-order valence-corrected chi connectivity index (χ0v) is 12.5. The topological polar surface area (TPSA) is 60.2 Å². The van der Waals surface area contributed by atoms with E-state index in [4.69, 9.17) is 16.3 Å². The Hall–Kier alpha value is -1.99. The Labute approximate surface area is 131 Å². The van der Waals surface area contributed by atoms with E-state index in [1.165, 1.54) is 16.8 Å². The fourth-order valence-corrected chi connectivity index (χ4v) is 2.45. The summed E-state index contributed by atoms with van der Waals surface area (Å²) >= 11 is 5.98. The van der Waals surface area contributed by atoms with Crippen LogP contribution in [0.4, 0.5) is 4.39 Å². The third-order valence-corrected chi connectivity index (χ3v) is 3.76. The Bertz CT molecular complexity index is 685. The quantitative estimate of drug-likeness (QED) is 0.860. The van der Waals surface area contributed by atoms with Crippen molar-refractivity contribution in [2.75, 3.05) is 26.3 Å². The van der Waals surface area contributed by atoms with Gasteiger partial charge in [-0.05, 0) is 17.7 Å². The molecule has 0 saturated carbocycles. The molecule has 1 fully saturated rings. The summed E-state index contributed by atoms with van der Waals surface area (Å²) < 4.78 is 19.7. The van der Waals surface area contributed by atoms with E-state index in [2.05, 4.69) is 10.3 Å². The maximum atomic E-state index is 13.0. The van der Waals surface area contributed by atoms with Gasteiger partial charge in [-0.25, -0.2) is 9.07 Å². The molecule has 2 aromatic rings. The average Bonchev–Trinajstić information content (AvgIpc) is 2.99. The maximum Gasteiger partial charge on any atom is 0.276 e. The number of hydrogen-bond acceptors (Lipinski definition) is 4. The summed E-state index contributed by atoms with van der Waals surface area (Å²) in [6.45, 7) is 2.49. The molecule has 116 valence electrons. The Morgan fingerprint density at radius 1 is 1.36 bits per heavy atom. The minimum absolute atomic E-state index is 0.167. The van der Waals surface area contributed by atoms with Crippen molar-refractivity contribution in [2.45, 2.75) is 6.54 Å². The second-order valence-corrected chi connectivity index (χ2v) is 5.35. The van der Waals surface area contributed by atoms with E-state index in [-0.39, 0.29) is 11.6 Å². The molecule has 1 aliphatic rings. The molecule has 22 heavy (non-hydrogen) atoms. The Balaban J connectivity index is 1.71. The van der Waals surface area contributed by atoms with Gasteiger partial charge in [0.2, 0.25) is 0 Å². The molecule has 0 unspecified atom stereocenters. The highest BCUT2D eigenvalue weighted by Gasteiger charge is 2.21. The van der Waals surface area contributed by atoms with Gasteiger partial charge in [-0.15, -0.1) is 5.10 Å². The summed E-state index contributed by atoms with van der Waals surface area (Å²) in [4.78, 5) is 13.9. The van der Waals surface area contributed by atoms with Crippen LogP contribution in [-0.2, 0) is 11.3 Å². The van der Waals surface area contributed by atoms with Gasteiger partial charge in [0.15, 0.2) is 5.69 Å². The lowest BCUT2D eigenvalue weighted by Crippen LogP contribution is -2.40. The fraction of sp³-hybridized carbons (Fsp3) is 0.357. The molecular formula is C14H14ClFN4O2. The zero-order valence-electron chi connectivity index (χ0n) is 11.7. The molecule has 1 aromatic heterocycles. The van der Waals surface area contributed by atoms with Gasteiger partial charge in [0.25, 0.3) is 5.91 Å². The molecule has 1 aliphatic heterocycles. The maximum absolute atomic E-state index is 13.0. The molecule has 0 aliphatic carbocycles. The van der Waals surface area contributed by atoms with Crippen LogP contribution in [0.2, 0.25) is 5.02 Å². The molecule has 6 nitrogen and oxygen atoms in total. The third kappa shape index (κ3) is 3.26. The monoisotopic (exact) mass is 324 g/mol. The molecule has 0 atom stereocenters. The van der Waals surface area contributed by atoms with E-state index in [9.17, 15) is 9.18 Å². The number of amides is 1. The summed E-state index contributed by atoms with van der Waals surface area (Å²) in [5.74, 6) is -0.560. The largest absolute Gasteiger partial charge is 0.378 e. The predicted molar refractivity (Wildman–Crippen MR) is 77.3 cm³/mol. The van der Waals surface area contributed by atoms with Crippen LogP contribution in [0.5, 0.6) is 0 Å². The third-order valence-electron chi connectivity index (χ3n) is 3.40. The number of rotatable bonds is 3. The summed E-state index contributed by atoms with van der Waals surface area (Å²) in [6, 6.07) is 4.16. The van der Waals surface area contributed by atoms with E-state index >= 15 is 0 Å². The summed E-state index contributed by atoms with van der Waals surface area (Å²) in [5.41, 5.74) is 0.985. The molecular weight excluding hydrogens is 311 g/mol. The molecule has 8 heteroatoms. The van der Waals surface area contributed by atoms with Gasteiger partial charge in [0.05, 0.1) is 26.0 Å². The molecule has 0 N–H and O–H groups in total. The Kier molecular flexibility index (Phi) is 4.35. The minimum Gasteiger partial charge on any atom is -0.378 e. The van der Waals surface area contributed by atoms with Gasteiger partial charge in [0.1, 0.15) is 5.82 Å². The van der Waals surface area contributed by atoms with Crippen LogP contribution in [-0.4, -0.2) is 52.1 Å². The van der Waals surface area contributed by atoms with Gasteiger partial charge in [-0.1, -0.05) is 22.9 Å². The molecule has 3 rings (SSSR count). The van der Waals surface area contributed by atoms with Crippen LogP contribution in [0.1, 0.15) is 16.1 Å². The van der Waals surface area contributed by atoms with Crippen LogP contribution < -0.4 is 0 Å². The van der Waals surface area contributed by atoms with Crippen molar-refractivity contribution in [3.05, 3.63) is 46.5 Å². The van der Waals surface area contributed by atoms with Crippen molar-refractivity contribution in [3.8, 4) is 0 Å². The van der Waals surface area contributed by atoms with Crippen LogP contribution in [0, 0.1) is 5.82 Å². The normalized spacial score (nSPS) is 15.1. The van der Waals surface area contributed by atoms with Gasteiger partial charge in [0, 0.05) is 18.1 Å². The fourth-order valence-electron chi connectivity index (χ4n) is 2.23. The van der Waals surface area contributed by atoms with E-state index in [0.29, 0.717) is 43.4 Å². The standard InChI is InChI=1S/C14H14ClFN4O2/c15-12-7-11(16)2-1-10(12)8-20-9-13(17-18-20)14(21)19-3-5-22-6-4-19/h1-2,7,9H,3-6,8H2. The van der Waals surface area contributed by atoms with E-state index in [1.807, 2.05) is 0 Å². The number of benzene rings is 1. The number of carbonyl (C=O) groups is 1. The highest BCUT2D eigenvalue weighted by molar-refractivity contribution is 6.31. The van der Waals surface area contributed by atoms with Crippen molar-refractivity contribution >= 4 is 17.5 Å². The number of aromatic nitrogens is 3. The first-order chi connectivity index (χ1) is 10.6. The van der Waals surface area contributed by atoms with Crippen LogP contribution in [0.25, 0.3) is 0 Å². The number of hydrogen-bond donors (Lipinski definition) is 0. The molecule has 1 saturated heterocycles. The summed E-state index contributed by atoms with van der Waals surface area (Å²) in [7, 11) is 0. The van der Waals surface area contributed by atoms with Crippen LogP contribution >= 0.6 is 11.6 Å². The Morgan fingerprint density at radius 3 is 2.86 bits per heavy atom. The highest BCUT2D eigenvalue weighted by atomic mass is 35.5. The lowest BCUT2D eigenvalue weighted by Gasteiger charge is -2.25. The average molecular weight is 325 g/mol. The van der Waals surface area contributed by atoms with Crippen LogP contribution in [0.15, 0.2) is 24.4 Å². The second kappa shape index (κ2) is 6.41. The van der Waals surface area contributed by atoms with Crippen molar-refractivity contribution in [1.29, 1.82) is 0 Å². The number of ether oxygens (including phenoxy) is 1. The van der Waals surface area contributed by atoms with Gasteiger partial charge in [-0.3, -0.25) is 4.79 Å². The second-order valence-electron chi connectivity index (χ2n) is 4.94. The van der Waals surface area contributed by atoms with Gasteiger partial charge < -0.3 is 9.64 Å². The highest BCUT2D eigenvalue weighted by Crippen LogP contribution is 2.18. The van der Waals surface area contributed by atoms with Crippen molar-refractivity contribution < 1.29 is 13.9 Å². The summed E-state index contributed by atoms with van der Waals surface area (Å²) in [5, 5.41) is 8.14. The minimum atomic E-state index is -0.393. The van der Waals surface area contributed by atoms with Crippen molar-refractivity contribution in [1.82, 2.24) is 19.9 Å². The molecule has 0 spiro atoms. The molecule has 2 heterocycles. The lowest BCUT2D eigenvalue weighted by molar-refractivity contribution is 0.0299. The molecule has 1 amide bonds. The van der Waals surface area contributed by atoms with Crippen molar-refractivity contribution in [2.24, 2.45) is 0 Å². The number of nitrogens with zero attached hydrogens (tertiary/aromatic N) is 4. The van der Waals surface area contributed by atoms with Crippen LogP contribution in [0.3, 0.4) is 0 Å². The lowest BCUT2D eigenvalue weighted by atomic mass is 10.2. The first-order valence-electron chi connectivity index (χ1n) is 6.84. The van der Waals surface area contributed by atoms with Gasteiger partial charge >= 0.3 is 0 Å². The molecule has 0 bridgehead atoms. The first-order valence-corrected chi connectivity index (χ1v) is 7.22. The summed E-state index contributed by atoms with van der Waals surface area (Å²) in [6.07, 6.45) is 1.57. The molecule has 0 radical (unpaired) electrons. The zero-order chi connectivity index (χ0) is 15.5. The smallest absolute Gasteiger partial charge is 0.276 e. The SMILES string of the molecule is O=C(c1cn(Cc2ccc(F)cc2Cl)nn1)N1CCOCC1. The first kappa shape index (κ1) is 14.9.